The second-order valence-corrected chi connectivity index (χ2v) is 7.73. The summed E-state index contributed by atoms with van der Waals surface area (Å²) in [6.45, 7) is 2.07. The van der Waals surface area contributed by atoms with Gasteiger partial charge in [0, 0.05) is 0 Å². The number of carboxylic acids is 1. The summed E-state index contributed by atoms with van der Waals surface area (Å²) in [5.41, 5.74) is 2.13. The number of hydrogen-bond donors (Lipinski definition) is 2. The lowest BCUT2D eigenvalue weighted by molar-refractivity contribution is 0.0694. The number of esters is 1. The molecule has 2 aromatic rings. The van der Waals surface area contributed by atoms with Gasteiger partial charge < -0.3 is 14.9 Å². The molecule has 0 heterocycles. The van der Waals surface area contributed by atoms with Crippen LogP contribution in [0.1, 0.15) is 89.6 Å². The van der Waals surface area contributed by atoms with Gasteiger partial charge >= 0.3 is 11.9 Å². The number of aryl methyl sites for hydroxylation is 1. The Balaban J connectivity index is 1.82. The monoisotopic (exact) mass is 396 g/mol. The van der Waals surface area contributed by atoms with E-state index in [1.54, 1.807) is 18.2 Å². The molecule has 0 saturated heterocycles. The highest BCUT2D eigenvalue weighted by molar-refractivity contribution is 5.92. The highest BCUT2D eigenvalue weighted by Gasteiger charge is 2.23. The van der Waals surface area contributed by atoms with Crippen LogP contribution in [-0.2, 0) is 6.42 Å². The predicted molar refractivity (Wildman–Crippen MR) is 111 cm³/mol. The number of ether oxygens (including phenoxy) is 1. The second-order valence-electron chi connectivity index (χ2n) is 7.73. The van der Waals surface area contributed by atoms with Crippen molar-refractivity contribution in [3.63, 3.8) is 0 Å². The summed E-state index contributed by atoms with van der Waals surface area (Å²) in [6.07, 6.45) is 7.87. The Bertz CT molecular complexity index is 881. The topological polar surface area (TPSA) is 83.8 Å². The Kier molecular flexibility index (Phi) is 6.91. The van der Waals surface area contributed by atoms with E-state index in [1.165, 1.54) is 24.6 Å². The molecule has 1 aliphatic rings. The summed E-state index contributed by atoms with van der Waals surface area (Å²) in [4.78, 5) is 24.3. The number of carbonyl (C=O) groups excluding carboxylic acids is 1. The number of unbranched alkanes of at least 4 members (excludes halogenated alkanes) is 1. The van der Waals surface area contributed by atoms with Crippen LogP contribution in [0.3, 0.4) is 0 Å². The number of rotatable bonds is 7. The van der Waals surface area contributed by atoms with Gasteiger partial charge in [-0.25, -0.2) is 9.59 Å². The zero-order chi connectivity index (χ0) is 20.8. The maximum Gasteiger partial charge on any atom is 0.343 e. The smallest absolute Gasteiger partial charge is 0.343 e. The van der Waals surface area contributed by atoms with Crippen molar-refractivity contribution < 1.29 is 24.5 Å². The normalized spacial score (nSPS) is 14.5. The highest BCUT2D eigenvalue weighted by Crippen LogP contribution is 2.36. The Morgan fingerprint density at radius 2 is 1.83 bits per heavy atom. The van der Waals surface area contributed by atoms with Gasteiger partial charge in [-0.05, 0) is 79.1 Å². The molecular formula is C24H28O5. The fourth-order valence-corrected chi connectivity index (χ4v) is 4.00. The molecule has 0 amide bonds. The van der Waals surface area contributed by atoms with Gasteiger partial charge in [0.2, 0.25) is 0 Å². The van der Waals surface area contributed by atoms with Gasteiger partial charge in [-0.2, -0.15) is 0 Å². The van der Waals surface area contributed by atoms with Crippen molar-refractivity contribution in [2.24, 2.45) is 0 Å². The Labute approximate surface area is 171 Å². The number of phenolic OH excluding ortho intramolecular Hbond substituents is 1. The van der Waals surface area contributed by atoms with Gasteiger partial charge in [-0.3, -0.25) is 0 Å². The molecule has 154 valence electrons. The summed E-state index contributed by atoms with van der Waals surface area (Å²) in [5.74, 6) is -0.755. The third-order valence-electron chi connectivity index (χ3n) is 5.62. The number of hydrogen-bond acceptors (Lipinski definition) is 4. The first-order valence-corrected chi connectivity index (χ1v) is 10.4. The molecule has 1 aliphatic carbocycles. The fraction of sp³-hybridized carbons (Fsp3) is 0.417. The lowest BCUT2D eigenvalue weighted by atomic mass is 9.82. The fourth-order valence-electron chi connectivity index (χ4n) is 4.00. The van der Waals surface area contributed by atoms with E-state index in [2.05, 4.69) is 6.92 Å². The minimum atomic E-state index is -0.956. The number of aromatic hydroxyl groups is 1. The van der Waals surface area contributed by atoms with Gasteiger partial charge in [-0.1, -0.05) is 32.6 Å². The van der Waals surface area contributed by atoms with Gasteiger partial charge in [-0.15, -0.1) is 0 Å². The maximum atomic E-state index is 12.6. The number of aromatic carboxylic acids is 1. The van der Waals surface area contributed by atoms with Crippen molar-refractivity contribution in [1.29, 1.82) is 0 Å². The first-order valence-electron chi connectivity index (χ1n) is 10.4. The molecule has 0 aromatic heterocycles. The molecule has 2 aromatic carbocycles. The number of carboxylic acid groups (broad SMARTS) is 1. The average Bonchev–Trinajstić information content (AvgIpc) is 2.73. The molecule has 0 bridgehead atoms. The van der Waals surface area contributed by atoms with E-state index >= 15 is 0 Å². The van der Waals surface area contributed by atoms with Crippen LogP contribution >= 0.6 is 0 Å². The number of carbonyl (C=O) groups is 2. The minimum Gasteiger partial charge on any atom is -0.508 e. The maximum absolute atomic E-state index is 12.6. The summed E-state index contributed by atoms with van der Waals surface area (Å²) in [7, 11) is 0. The largest absolute Gasteiger partial charge is 0.508 e. The number of phenols is 1. The quantitative estimate of drug-likeness (QED) is 0.463. The molecule has 5 heteroatoms. The zero-order valence-electron chi connectivity index (χ0n) is 16.8. The van der Waals surface area contributed by atoms with Crippen molar-refractivity contribution in [2.75, 3.05) is 0 Å². The summed E-state index contributed by atoms with van der Waals surface area (Å²) >= 11 is 0. The molecule has 5 nitrogen and oxygen atoms in total. The number of benzene rings is 2. The molecule has 2 N–H and O–H groups in total. The Hall–Kier alpha value is -2.82. The SMILES string of the molecule is CCCCc1cc(C(=O)Oc2ccc(C(=O)O)c(C3CCCCC3)c2)ccc1O. The van der Waals surface area contributed by atoms with Crippen molar-refractivity contribution in [3.05, 3.63) is 58.7 Å². The lowest BCUT2D eigenvalue weighted by Gasteiger charge is -2.23. The summed E-state index contributed by atoms with van der Waals surface area (Å²) < 4.78 is 5.55. The standard InChI is InChI=1S/C24H28O5/c1-2-3-7-17-14-18(10-13-22(17)25)24(28)29-19-11-12-20(23(26)27)21(15-19)16-8-5-4-6-9-16/h10-16,25H,2-9H2,1H3,(H,26,27). The van der Waals surface area contributed by atoms with Crippen molar-refractivity contribution in [1.82, 2.24) is 0 Å². The van der Waals surface area contributed by atoms with E-state index in [0.29, 0.717) is 17.7 Å². The van der Waals surface area contributed by atoms with E-state index in [0.717, 1.165) is 49.7 Å². The van der Waals surface area contributed by atoms with Crippen LogP contribution < -0.4 is 4.74 Å². The van der Waals surface area contributed by atoms with E-state index in [9.17, 15) is 19.8 Å². The van der Waals surface area contributed by atoms with Crippen LogP contribution in [0.15, 0.2) is 36.4 Å². The zero-order valence-corrected chi connectivity index (χ0v) is 16.8. The highest BCUT2D eigenvalue weighted by atomic mass is 16.5. The van der Waals surface area contributed by atoms with Crippen LogP contribution in [-0.4, -0.2) is 22.2 Å². The molecule has 0 radical (unpaired) electrons. The molecule has 1 fully saturated rings. The van der Waals surface area contributed by atoms with E-state index < -0.39 is 11.9 Å². The van der Waals surface area contributed by atoms with Crippen molar-refractivity contribution in [3.8, 4) is 11.5 Å². The molecule has 1 saturated carbocycles. The Morgan fingerprint density at radius 1 is 1.07 bits per heavy atom. The minimum absolute atomic E-state index is 0.181. The van der Waals surface area contributed by atoms with Crippen LogP contribution in [0.25, 0.3) is 0 Å². The Morgan fingerprint density at radius 3 is 2.52 bits per heavy atom. The molecule has 0 spiro atoms. The van der Waals surface area contributed by atoms with Gasteiger partial charge in [0.1, 0.15) is 11.5 Å². The predicted octanol–water partition coefficient (Wildman–Crippen LogP) is 5.70. The molecule has 0 aliphatic heterocycles. The molecule has 3 rings (SSSR count). The average molecular weight is 396 g/mol. The van der Waals surface area contributed by atoms with E-state index in [4.69, 9.17) is 4.74 Å². The van der Waals surface area contributed by atoms with Crippen LogP contribution in [0.4, 0.5) is 0 Å². The van der Waals surface area contributed by atoms with Gasteiger partial charge in [0.25, 0.3) is 0 Å². The molecule has 0 unspecified atom stereocenters. The van der Waals surface area contributed by atoms with Crippen LogP contribution in [0.2, 0.25) is 0 Å². The van der Waals surface area contributed by atoms with Crippen molar-refractivity contribution in [2.45, 2.75) is 64.2 Å². The summed E-state index contributed by atoms with van der Waals surface area (Å²) in [6, 6.07) is 9.49. The molecular weight excluding hydrogens is 368 g/mol. The first kappa shape index (κ1) is 20.9. The lowest BCUT2D eigenvalue weighted by Crippen LogP contribution is -2.13. The van der Waals surface area contributed by atoms with Crippen LogP contribution in [0.5, 0.6) is 11.5 Å². The first-order chi connectivity index (χ1) is 14.0. The molecule has 29 heavy (non-hydrogen) atoms. The van der Waals surface area contributed by atoms with Crippen LogP contribution in [0, 0.1) is 0 Å². The molecule has 0 atom stereocenters. The van der Waals surface area contributed by atoms with E-state index in [-0.39, 0.29) is 17.2 Å². The van der Waals surface area contributed by atoms with Gasteiger partial charge in [0.05, 0.1) is 11.1 Å². The third-order valence-corrected chi connectivity index (χ3v) is 5.62. The summed E-state index contributed by atoms with van der Waals surface area (Å²) in [5, 5.41) is 19.5. The van der Waals surface area contributed by atoms with Gasteiger partial charge in [0.15, 0.2) is 0 Å². The van der Waals surface area contributed by atoms with E-state index in [1.807, 2.05) is 0 Å². The second kappa shape index (κ2) is 9.59. The van der Waals surface area contributed by atoms with Crippen molar-refractivity contribution >= 4 is 11.9 Å². The third kappa shape index (κ3) is 5.17.